The predicted molar refractivity (Wildman–Crippen MR) is 82.8 cm³/mol. The van der Waals surface area contributed by atoms with Crippen LogP contribution >= 0.6 is 23.2 Å². The minimum absolute atomic E-state index is 0.0515. The summed E-state index contributed by atoms with van der Waals surface area (Å²) < 4.78 is 40.2. The van der Waals surface area contributed by atoms with Gasteiger partial charge in [0, 0.05) is 0 Å². The van der Waals surface area contributed by atoms with E-state index in [0.717, 1.165) is 6.07 Å². The van der Waals surface area contributed by atoms with E-state index in [0.29, 0.717) is 5.56 Å². The molecule has 112 valence electrons. The first-order valence-corrected chi connectivity index (χ1v) is 7.99. The van der Waals surface area contributed by atoms with E-state index in [4.69, 9.17) is 28.9 Å². The molecule has 0 aliphatic carbocycles. The summed E-state index contributed by atoms with van der Waals surface area (Å²) in [5, 5.41) is 0.326. The lowest BCUT2D eigenvalue weighted by Crippen LogP contribution is -2.14. The Balaban J connectivity index is 2.47. The third kappa shape index (κ3) is 3.23. The van der Waals surface area contributed by atoms with Gasteiger partial charge in [0.05, 0.1) is 26.3 Å². The molecule has 4 nitrogen and oxygen atoms in total. The number of sulfonamides is 1. The van der Waals surface area contributed by atoms with E-state index >= 15 is 0 Å². The zero-order valence-corrected chi connectivity index (χ0v) is 13.2. The number of benzene rings is 2. The molecule has 0 bridgehead atoms. The van der Waals surface area contributed by atoms with Crippen LogP contribution in [0.5, 0.6) is 0 Å². The molecule has 2 aromatic carbocycles. The Labute approximate surface area is 131 Å². The SMILES string of the molecule is Cc1ccc(Cl)c(NS(=O)(=O)c2ccc(N)c(F)c2)c1Cl. The molecule has 8 heteroatoms. The van der Waals surface area contributed by atoms with E-state index in [-0.39, 0.29) is 26.3 Å². The third-order valence-corrected chi connectivity index (χ3v) is 4.95. The van der Waals surface area contributed by atoms with Gasteiger partial charge in [-0.05, 0) is 36.8 Å². The van der Waals surface area contributed by atoms with Gasteiger partial charge in [-0.25, -0.2) is 12.8 Å². The van der Waals surface area contributed by atoms with Gasteiger partial charge in [0.25, 0.3) is 10.0 Å². The highest BCUT2D eigenvalue weighted by molar-refractivity contribution is 7.92. The van der Waals surface area contributed by atoms with Crippen LogP contribution in [0.4, 0.5) is 15.8 Å². The smallest absolute Gasteiger partial charge is 0.262 e. The van der Waals surface area contributed by atoms with Crippen LogP contribution in [-0.4, -0.2) is 8.42 Å². The Hall–Kier alpha value is -1.50. The van der Waals surface area contributed by atoms with Gasteiger partial charge in [-0.2, -0.15) is 0 Å². The average molecular weight is 349 g/mol. The van der Waals surface area contributed by atoms with Gasteiger partial charge in [-0.1, -0.05) is 29.3 Å². The fraction of sp³-hybridized carbons (Fsp3) is 0.0769. The van der Waals surface area contributed by atoms with Crippen LogP contribution in [-0.2, 0) is 10.0 Å². The van der Waals surface area contributed by atoms with Crippen molar-refractivity contribution in [2.45, 2.75) is 11.8 Å². The predicted octanol–water partition coefficient (Wildman–Crippen LogP) is 3.82. The number of hydrogen-bond acceptors (Lipinski definition) is 3. The van der Waals surface area contributed by atoms with Gasteiger partial charge in [0.2, 0.25) is 0 Å². The summed E-state index contributed by atoms with van der Waals surface area (Å²) in [6.07, 6.45) is 0. The maximum absolute atomic E-state index is 13.4. The van der Waals surface area contributed by atoms with Crippen LogP contribution in [0, 0.1) is 12.7 Å². The number of nitrogens with one attached hydrogen (secondary N) is 1. The number of halogens is 3. The van der Waals surface area contributed by atoms with Crippen molar-refractivity contribution in [2.75, 3.05) is 10.5 Å². The van der Waals surface area contributed by atoms with E-state index in [1.54, 1.807) is 13.0 Å². The number of aryl methyl sites for hydroxylation is 1. The number of hydrogen-bond donors (Lipinski definition) is 2. The molecule has 3 N–H and O–H groups in total. The van der Waals surface area contributed by atoms with Crippen molar-refractivity contribution in [3.8, 4) is 0 Å². The lowest BCUT2D eigenvalue weighted by molar-refractivity contribution is 0.596. The van der Waals surface area contributed by atoms with Crippen molar-refractivity contribution in [3.63, 3.8) is 0 Å². The summed E-state index contributed by atoms with van der Waals surface area (Å²) in [7, 11) is -4.03. The van der Waals surface area contributed by atoms with Gasteiger partial charge < -0.3 is 5.73 Å². The Kier molecular flexibility index (Phi) is 4.32. The van der Waals surface area contributed by atoms with E-state index in [2.05, 4.69) is 4.72 Å². The molecule has 0 heterocycles. The quantitative estimate of drug-likeness (QED) is 0.828. The summed E-state index contributed by atoms with van der Waals surface area (Å²) in [5.41, 5.74) is 5.89. The first-order chi connectivity index (χ1) is 9.72. The average Bonchev–Trinajstić information content (AvgIpc) is 2.42. The Morgan fingerprint density at radius 3 is 2.48 bits per heavy atom. The van der Waals surface area contributed by atoms with Gasteiger partial charge in [-0.15, -0.1) is 0 Å². The minimum atomic E-state index is -4.03. The second-order valence-electron chi connectivity index (χ2n) is 4.34. The van der Waals surface area contributed by atoms with E-state index < -0.39 is 15.8 Å². The normalized spacial score (nSPS) is 11.4. The van der Waals surface area contributed by atoms with Crippen molar-refractivity contribution in [1.29, 1.82) is 0 Å². The largest absolute Gasteiger partial charge is 0.396 e. The first kappa shape index (κ1) is 15.9. The molecule has 0 aromatic heterocycles. The van der Waals surface area contributed by atoms with Gasteiger partial charge in [0.1, 0.15) is 5.82 Å². The highest BCUT2D eigenvalue weighted by atomic mass is 35.5. The molecule has 0 saturated heterocycles. The topological polar surface area (TPSA) is 72.2 Å². The zero-order chi connectivity index (χ0) is 15.8. The van der Waals surface area contributed by atoms with Crippen LogP contribution in [0.2, 0.25) is 10.0 Å². The number of anilines is 2. The molecule has 21 heavy (non-hydrogen) atoms. The highest BCUT2D eigenvalue weighted by Gasteiger charge is 2.19. The first-order valence-electron chi connectivity index (χ1n) is 5.75. The Morgan fingerprint density at radius 2 is 1.86 bits per heavy atom. The fourth-order valence-electron chi connectivity index (χ4n) is 1.62. The van der Waals surface area contributed by atoms with E-state index in [1.807, 2.05) is 0 Å². The second kappa shape index (κ2) is 5.71. The maximum Gasteiger partial charge on any atom is 0.262 e. The summed E-state index contributed by atoms with van der Waals surface area (Å²) in [4.78, 5) is -0.275. The zero-order valence-electron chi connectivity index (χ0n) is 10.8. The van der Waals surface area contributed by atoms with Crippen LogP contribution in [0.3, 0.4) is 0 Å². The van der Waals surface area contributed by atoms with Crippen LogP contribution in [0.1, 0.15) is 5.56 Å². The van der Waals surface area contributed by atoms with Crippen molar-refractivity contribution >= 4 is 44.6 Å². The summed E-state index contributed by atoms with van der Waals surface area (Å²) in [6, 6.07) is 6.37. The summed E-state index contributed by atoms with van der Waals surface area (Å²) in [6.45, 7) is 1.71. The molecular weight excluding hydrogens is 338 g/mol. The lowest BCUT2D eigenvalue weighted by Gasteiger charge is -2.13. The molecule has 0 spiro atoms. The highest BCUT2D eigenvalue weighted by Crippen LogP contribution is 2.34. The second-order valence-corrected chi connectivity index (χ2v) is 6.81. The summed E-state index contributed by atoms with van der Waals surface area (Å²) in [5.74, 6) is -0.820. The van der Waals surface area contributed by atoms with Crippen LogP contribution in [0.25, 0.3) is 0 Å². The molecule has 2 aromatic rings. The molecule has 0 aliphatic heterocycles. The van der Waals surface area contributed by atoms with Crippen molar-refractivity contribution < 1.29 is 12.8 Å². The minimum Gasteiger partial charge on any atom is -0.396 e. The standard InChI is InChI=1S/C13H11Cl2FN2O2S/c1-7-2-4-9(14)13(12(7)15)18-21(19,20)8-3-5-11(17)10(16)6-8/h2-6,18H,17H2,1H3. The number of nitrogen functional groups attached to an aromatic ring is 1. The van der Waals surface area contributed by atoms with Crippen molar-refractivity contribution in [1.82, 2.24) is 0 Å². The molecule has 0 saturated carbocycles. The molecule has 0 fully saturated rings. The third-order valence-electron chi connectivity index (χ3n) is 2.80. The van der Waals surface area contributed by atoms with Gasteiger partial charge in [0.15, 0.2) is 0 Å². The van der Waals surface area contributed by atoms with E-state index in [9.17, 15) is 12.8 Å². The lowest BCUT2D eigenvalue weighted by atomic mass is 10.2. The number of rotatable bonds is 3. The van der Waals surface area contributed by atoms with Gasteiger partial charge >= 0.3 is 0 Å². The molecule has 0 unspecified atom stereocenters. The molecule has 0 amide bonds. The molecule has 0 radical (unpaired) electrons. The van der Waals surface area contributed by atoms with Crippen LogP contribution < -0.4 is 10.5 Å². The molecular formula is C13H11Cl2FN2O2S. The Morgan fingerprint density at radius 1 is 1.19 bits per heavy atom. The number of nitrogens with two attached hydrogens (primary N) is 1. The monoisotopic (exact) mass is 348 g/mol. The summed E-state index contributed by atoms with van der Waals surface area (Å²) >= 11 is 12.0. The molecule has 2 rings (SSSR count). The molecule has 0 aliphatic rings. The fourth-order valence-corrected chi connectivity index (χ4v) is 3.30. The van der Waals surface area contributed by atoms with Crippen LogP contribution in [0.15, 0.2) is 35.2 Å². The van der Waals surface area contributed by atoms with Gasteiger partial charge in [-0.3, -0.25) is 4.72 Å². The molecule has 0 atom stereocenters. The van der Waals surface area contributed by atoms with Crippen molar-refractivity contribution in [2.24, 2.45) is 0 Å². The Bertz CT molecular complexity index is 810. The van der Waals surface area contributed by atoms with E-state index in [1.165, 1.54) is 18.2 Å². The van der Waals surface area contributed by atoms with Crippen molar-refractivity contribution in [3.05, 3.63) is 51.8 Å². The maximum atomic E-state index is 13.4.